The van der Waals surface area contributed by atoms with Gasteiger partial charge in [-0.3, -0.25) is 4.79 Å². The summed E-state index contributed by atoms with van der Waals surface area (Å²) in [4.78, 5) is 15.4. The fourth-order valence-electron chi connectivity index (χ4n) is 4.59. The van der Waals surface area contributed by atoms with Crippen molar-refractivity contribution in [1.29, 1.82) is 0 Å². The molecule has 6 heteroatoms. The third-order valence-corrected chi connectivity index (χ3v) is 8.28. The molecule has 0 saturated carbocycles. The van der Waals surface area contributed by atoms with E-state index in [1.165, 1.54) is 9.87 Å². The Labute approximate surface area is 190 Å². The number of aryl methyl sites for hydroxylation is 2. The fraction of sp³-hybridized carbons (Fsp3) is 0.346. The molecule has 5 nitrogen and oxygen atoms in total. The lowest BCUT2D eigenvalue weighted by Gasteiger charge is -2.34. The van der Waals surface area contributed by atoms with Gasteiger partial charge in [-0.2, -0.15) is 4.31 Å². The normalized spacial score (nSPS) is 15.7. The molecule has 3 aromatic carbocycles. The minimum Gasteiger partial charge on any atom is -0.312 e. The Kier molecular flexibility index (Phi) is 6.35. The maximum atomic E-state index is 13.3. The largest absolute Gasteiger partial charge is 0.312 e. The van der Waals surface area contributed by atoms with Crippen LogP contribution in [0.4, 0.5) is 5.69 Å². The summed E-state index contributed by atoms with van der Waals surface area (Å²) >= 11 is 0. The number of rotatable bonds is 5. The second kappa shape index (κ2) is 9.04. The van der Waals surface area contributed by atoms with Gasteiger partial charge in [-0.05, 0) is 68.1 Å². The van der Waals surface area contributed by atoms with Gasteiger partial charge in [-0.1, -0.05) is 48.0 Å². The first-order valence-corrected chi connectivity index (χ1v) is 12.6. The van der Waals surface area contributed by atoms with Crippen molar-refractivity contribution in [2.24, 2.45) is 5.92 Å². The maximum Gasteiger partial charge on any atom is 0.243 e. The Morgan fingerprint density at radius 2 is 1.66 bits per heavy atom. The van der Waals surface area contributed by atoms with Crippen molar-refractivity contribution in [3.8, 4) is 0 Å². The van der Waals surface area contributed by atoms with E-state index in [2.05, 4.69) is 6.07 Å². The van der Waals surface area contributed by atoms with Gasteiger partial charge in [0.1, 0.15) is 0 Å². The zero-order valence-corrected chi connectivity index (χ0v) is 19.7. The third kappa shape index (κ3) is 4.30. The van der Waals surface area contributed by atoms with Crippen LogP contribution in [-0.2, 0) is 14.8 Å². The molecule has 0 atom stereocenters. The zero-order valence-electron chi connectivity index (χ0n) is 18.9. The number of piperidine rings is 1. The number of hydrogen-bond donors (Lipinski definition) is 0. The summed E-state index contributed by atoms with van der Waals surface area (Å²) < 4.78 is 28.0. The predicted molar refractivity (Wildman–Crippen MR) is 129 cm³/mol. The first-order valence-electron chi connectivity index (χ1n) is 11.2. The van der Waals surface area contributed by atoms with Crippen LogP contribution in [0.5, 0.6) is 0 Å². The van der Waals surface area contributed by atoms with Gasteiger partial charge in [0.05, 0.1) is 4.90 Å². The van der Waals surface area contributed by atoms with E-state index in [9.17, 15) is 13.2 Å². The van der Waals surface area contributed by atoms with E-state index in [4.69, 9.17) is 0 Å². The highest BCUT2D eigenvalue weighted by Gasteiger charge is 2.34. The number of anilines is 1. The van der Waals surface area contributed by atoms with Gasteiger partial charge in [0.25, 0.3) is 0 Å². The van der Waals surface area contributed by atoms with Crippen LogP contribution in [-0.4, -0.2) is 38.3 Å². The summed E-state index contributed by atoms with van der Waals surface area (Å²) in [5.74, 6) is -0.0825. The average Bonchev–Trinajstić information content (AvgIpc) is 2.80. The molecule has 0 N–H and O–H groups in total. The molecular formula is C26H30N2O3S. The minimum absolute atomic E-state index is 0.0854. The number of fused-ring (bicyclic) bond motifs is 1. The SMILES string of the molecule is CCN(C(=O)C1CCN(S(=O)(=O)c2ccc3ccccc3c2)CC1)c1ccc(C)cc1C. The second-order valence-electron chi connectivity index (χ2n) is 8.56. The minimum atomic E-state index is -3.58. The number of amides is 1. The summed E-state index contributed by atoms with van der Waals surface area (Å²) in [6, 6.07) is 19.1. The highest BCUT2D eigenvalue weighted by molar-refractivity contribution is 7.89. The van der Waals surface area contributed by atoms with Crippen LogP contribution >= 0.6 is 0 Å². The van der Waals surface area contributed by atoms with Gasteiger partial charge in [0.15, 0.2) is 0 Å². The van der Waals surface area contributed by atoms with Crippen LogP contribution in [0.1, 0.15) is 30.9 Å². The highest BCUT2D eigenvalue weighted by Crippen LogP contribution is 2.29. The summed E-state index contributed by atoms with van der Waals surface area (Å²) in [7, 11) is -3.58. The van der Waals surface area contributed by atoms with Crippen molar-refractivity contribution in [3.63, 3.8) is 0 Å². The van der Waals surface area contributed by atoms with Gasteiger partial charge in [0, 0.05) is 31.2 Å². The Morgan fingerprint density at radius 3 is 2.31 bits per heavy atom. The van der Waals surface area contributed by atoms with E-state index in [1.807, 2.05) is 68.1 Å². The van der Waals surface area contributed by atoms with Crippen LogP contribution in [0, 0.1) is 19.8 Å². The molecule has 3 aromatic rings. The number of carbonyl (C=O) groups is 1. The lowest BCUT2D eigenvalue weighted by molar-refractivity contribution is -0.123. The van der Waals surface area contributed by atoms with Gasteiger partial charge >= 0.3 is 0 Å². The molecule has 0 bridgehead atoms. The van der Waals surface area contributed by atoms with Crippen molar-refractivity contribution in [3.05, 3.63) is 71.8 Å². The first-order chi connectivity index (χ1) is 15.3. The molecule has 0 aliphatic carbocycles. The molecule has 0 aromatic heterocycles. The van der Waals surface area contributed by atoms with E-state index in [0.29, 0.717) is 37.4 Å². The lowest BCUT2D eigenvalue weighted by Crippen LogP contribution is -2.44. The fourth-order valence-corrected chi connectivity index (χ4v) is 6.10. The molecule has 1 aliphatic rings. The van der Waals surface area contributed by atoms with Gasteiger partial charge in [-0.15, -0.1) is 0 Å². The summed E-state index contributed by atoms with van der Waals surface area (Å²) in [5.41, 5.74) is 3.19. The molecule has 1 saturated heterocycles. The van der Waals surface area contributed by atoms with E-state index >= 15 is 0 Å². The third-order valence-electron chi connectivity index (χ3n) is 6.39. The number of benzene rings is 3. The van der Waals surface area contributed by atoms with Crippen molar-refractivity contribution in [2.75, 3.05) is 24.5 Å². The van der Waals surface area contributed by atoms with Crippen molar-refractivity contribution in [1.82, 2.24) is 4.31 Å². The first kappa shape index (κ1) is 22.5. The van der Waals surface area contributed by atoms with E-state index in [1.54, 1.807) is 12.1 Å². The molecule has 0 radical (unpaired) electrons. The number of sulfonamides is 1. The second-order valence-corrected chi connectivity index (χ2v) is 10.5. The van der Waals surface area contributed by atoms with Crippen LogP contribution in [0.15, 0.2) is 65.6 Å². The van der Waals surface area contributed by atoms with Crippen LogP contribution in [0.3, 0.4) is 0 Å². The van der Waals surface area contributed by atoms with Crippen LogP contribution in [0.25, 0.3) is 10.8 Å². The molecule has 32 heavy (non-hydrogen) atoms. The van der Waals surface area contributed by atoms with Gasteiger partial charge in [-0.25, -0.2) is 8.42 Å². The lowest BCUT2D eigenvalue weighted by atomic mass is 9.96. The molecule has 0 spiro atoms. The molecule has 4 rings (SSSR count). The van der Waals surface area contributed by atoms with Crippen molar-refractivity contribution >= 4 is 32.4 Å². The predicted octanol–water partition coefficient (Wildman–Crippen LogP) is 4.91. The van der Waals surface area contributed by atoms with Crippen molar-refractivity contribution in [2.45, 2.75) is 38.5 Å². The topological polar surface area (TPSA) is 57.7 Å². The quantitative estimate of drug-likeness (QED) is 0.555. The molecule has 0 unspecified atom stereocenters. The Hall–Kier alpha value is -2.70. The highest BCUT2D eigenvalue weighted by atomic mass is 32.2. The molecule has 1 heterocycles. The Bertz CT molecular complexity index is 1240. The molecule has 1 amide bonds. The summed E-state index contributed by atoms with van der Waals surface area (Å²) in [6.45, 7) is 7.36. The molecule has 1 aliphatic heterocycles. The summed E-state index contributed by atoms with van der Waals surface area (Å²) in [5, 5.41) is 1.92. The number of hydrogen-bond acceptors (Lipinski definition) is 3. The monoisotopic (exact) mass is 450 g/mol. The Balaban J connectivity index is 1.48. The van der Waals surface area contributed by atoms with Gasteiger partial charge in [0.2, 0.25) is 15.9 Å². The smallest absolute Gasteiger partial charge is 0.243 e. The molecule has 168 valence electrons. The molecule has 1 fully saturated rings. The summed E-state index contributed by atoms with van der Waals surface area (Å²) in [6.07, 6.45) is 1.07. The molecular weight excluding hydrogens is 420 g/mol. The van der Waals surface area contributed by atoms with E-state index < -0.39 is 10.0 Å². The van der Waals surface area contributed by atoms with Crippen LogP contribution < -0.4 is 4.90 Å². The van der Waals surface area contributed by atoms with Gasteiger partial charge < -0.3 is 4.90 Å². The van der Waals surface area contributed by atoms with Crippen molar-refractivity contribution < 1.29 is 13.2 Å². The Morgan fingerprint density at radius 1 is 0.969 bits per heavy atom. The van der Waals surface area contributed by atoms with Crippen LogP contribution in [0.2, 0.25) is 0 Å². The average molecular weight is 451 g/mol. The standard InChI is InChI=1S/C26H30N2O3S/c1-4-28(25-12-9-19(2)17-20(25)3)26(29)22-13-15-27(16-14-22)32(30,31)24-11-10-21-7-5-6-8-23(21)18-24/h5-12,17-18,22H,4,13-16H2,1-3H3. The zero-order chi connectivity index (χ0) is 22.9. The number of carbonyl (C=O) groups excluding carboxylic acids is 1. The van der Waals surface area contributed by atoms with E-state index in [-0.39, 0.29) is 11.8 Å². The maximum absolute atomic E-state index is 13.3. The number of nitrogens with zero attached hydrogens (tertiary/aromatic N) is 2. The van der Waals surface area contributed by atoms with E-state index in [0.717, 1.165) is 22.0 Å².